The minimum Gasteiger partial charge on any atom is -0.472 e. The summed E-state index contributed by atoms with van der Waals surface area (Å²) in [7, 11) is 0. The maximum absolute atomic E-state index is 12.8. The van der Waals surface area contributed by atoms with Crippen LogP contribution in [-0.4, -0.2) is 29.7 Å². The zero-order valence-electron chi connectivity index (χ0n) is 13.3. The molecule has 1 aliphatic rings. The molecule has 132 valence electrons. The van der Waals surface area contributed by atoms with E-state index in [2.05, 4.69) is 0 Å². The molecule has 1 atom stereocenters. The van der Waals surface area contributed by atoms with Gasteiger partial charge in [0.05, 0.1) is 17.4 Å². The second-order valence-corrected chi connectivity index (χ2v) is 6.05. The number of likely N-dealkylation sites (tertiary alicyclic amines) is 1. The van der Waals surface area contributed by atoms with Crippen molar-refractivity contribution in [2.24, 2.45) is 5.92 Å². The SMILES string of the molecule is O=C(c1cccc(C(F)(F)F)c1)[C@H]1CCCN(C(=O)c2ccoc2)C1. The predicted octanol–water partition coefficient (Wildman–Crippen LogP) is 4.03. The van der Waals surface area contributed by atoms with Crippen molar-refractivity contribution in [2.45, 2.75) is 19.0 Å². The van der Waals surface area contributed by atoms with E-state index in [0.29, 0.717) is 24.9 Å². The fourth-order valence-corrected chi connectivity index (χ4v) is 3.03. The highest BCUT2D eigenvalue weighted by Crippen LogP contribution is 2.31. The summed E-state index contributed by atoms with van der Waals surface area (Å²) < 4.78 is 43.4. The van der Waals surface area contributed by atoms with Crippen LogP contribution in [0.25, 0.3) is 0 Å². The first-order chi connectivity index (χ1) is 11.9. The van der Waals surface area contributed by atoms with Crippen molar-refractivity contribution in [3.63, 3.8) is 0 Å². The summed E-state index contributed by atoms with van der Waals surface area (Å²) >= 11 is 0. The van der Waals surface area contributed by atoms with Crippen molar-refractivity contribution < 1.29 is 27.2 Å². The number of benzene rings is 1. The first kappa shape index (κ1) is 17.3. The van der Waals surface area contributed by atoms with Crippen molar-refractivity contribution in [3.05, 3.63) is 59.5 Å². The smallest absolute Gasteiger partial charge is 0.416 e. The van der Waals surface area contributed by atoms with Crippen molar-refractivity contribution in [2.75, 3.05) is 13.1 Å². The van der Waals surface area contributed by atoms with Gasteiger partial charge in [-0.2, -0.15) is 13.2 Å². The van der Waals surface area contributed by atoms with Crippen LogP contribution in [0.15, 0.2) is 47.3 Å². The molecule has 0 saturated carbocycles. The number of rotatable bonds is 3. The average molecular weight is 351 g/mol. The number of hydrogen-bond acceptors (Lipinski definition) is 3. The quantitative estimate of drug-likeness (QED) is 0.785. The number of alkyl halides is 3. The molecule has 1 aromatic heterocycles. The third-order valence-electron chi connectivity index (χ3n) is 4.32. The lowest BCUT2D eigenvalue weighted by Gasteiger charge is -2.31. The van der Waals surface area contributed by atoms with Crippen LogP contribution in [0.4, 0.5) is 13.2 Å². The second-order valence-electron chi connectivity index (χ2n) is 6.05. The zero-order chi connectivity index (χ0) is 18.0. The highest BCUT2D eigenvalue weighted by molar-refractivity contribution is 5.99. The molecule has 0 aliphatic carbocycles. The molecule has 1 aliphatic heterocycles. The van der Waals surface area contributed by atoms with Crippen LogP contribution in [0.5, 0.6) is 0 Å². The average Bonchev–Trinajstić information content (AvgIpc) is 3.14. The maximum atomic E-state index is 12.8. The van der Waals surface area contributed by atoms with Gasteiger partial charge in [0.15, 0.2) is 5.78 Å². The number of nitrogens with zero attached hydrogens (tertiary/aromatic N) is 1. The van der Waals surface area contributed by atoms with Crippen LogP contribution in [0, 0.1) is 5.92 Å². The van der Waals surface area contributed by atoms with Crippen LogP contribution in [0.3, 0.4) is 0 Å². The van der Waals surface area contributed by atoms with Crippen LogP contribution >= 0.6 is 0 Å². The van der Waals surface area contributed by atoms with Gasteiger partial charge in [-0.25, -0.2) is 0 Å². The molecule has 0 N–H and O–H groups in total. The summed E-state index contributed by atoms with van der Waals surface area (Å²) in [5.41, 5.74) is -0.426. The highest BCUT2D eigenvalue weighted by atomic mass is 19.4. The minimum atomic E-state index is -4.49. The molecule has 0 radical (unpaired) electrons. The van der Waals surface area contributed by atoms with E-state index in [0.717, 1.165) is 12.1 Å². The number of halogens is 3. The molecule has 0 spiro atoms. The summed E-state index contributed by atoms with van der Waals surface area (Å²) in [6.07, 6.45) is -0.599. The lowest BCUT2D eigenvalue weighted by molar-refractivity contribution is -0.137. The van der Waals surface area contributed by atoms with E-state index in [1.165, 1.54) is 24.7 Å². The fraction of sp³-hybridized carbons (Fsp3) is 0.333. The highest BCUT2D eigenvalue weighted by Gasteiger charge is 2.33. The van der Waals surface area contributed by atoms with E-state index >= 15 is 0 Å². The topological polar surface area (TPSA) is 50.5 Å². The zero-order valence-corrected chi connectivity index (χ0v) is 13.3. The number of amides is 1. The molecule has 7 heteroatoms. The van der Waals surface area contributed by atoms with Crippen molar-refractivity contribution >= 4 is 11.7 Å². The van der Waals surface area contributed by atoms with Gasteiger partial charge in [0, 0.05) is 24.6 Å². The Hall–Kier alpha value is -2.57. The first-order valence-electron chi connectivity index (χ1n) is 7.89. The standard InChI is InChI=1S/C18H16F3NO3/c19-18(20,21)15-5-1-3-12(9-15)16(23)13-4-2-7-22(10-13)17(24)14-6-8-25-11-14/h1,3,5-6,8-9,11,13H,2,4,7,10H2/t13-/m0/s1. The van der Waals surface area contributed by atoms with Gasteiger partial charge >= 0.3 is 6.18 Å². The van der Waals surface area contributed by atoms with Gasteiger partial charge in [0.25, 0.3) is 5.91 Å². The Morgan fingerprint density at radius 2 is 1.96 bits per heavy atom. The molecule has 0 bridgehead atoms. The predicted molar refractivity (Wildman–Crippen MR) is 83.1 cm³/mol. The van der Waals surface area contributed by atoms with E-state index in [1.54, 1.807) is 11.0 Å². The summed E-state index contributed by atoms with van der Waals surface area (Å²) in [6.45, 7) is 0.704. The molecule has 1 aromatic carbocycles. The van der Waals surface area contributed by atoms with E-state index in [9.17, 15) is 22.8 Å². The molecular weight excluding hydrogens is 335 g/mol. The van der Waals surface area contributed by atoms with Gasteiger partial charge < -0.3 is 9.32 Å². The van der Waals surface area contributed by atoms with E-state index in [1.807, 2.05) is 0 Å². The lowest BCUT2D eigenvalue weighted by Crippen LogP contribution is -2.42. The summed E-state index contributed by atoms with van der Waals surface area (Å²) in [4.78, 5) is 26.5. The largest absolute Gasteiger partial charge is 0.472 e. The number of Topliss-reactive ketones (excluding diaryl/α,β-unsaturated/α-hetero) is 1. The Kier molecular flexibility index (Phi) is 4.65. The van der Waals surface area contributed by atoms with Crippen LogP contribution in [0.2, 0.25) is 0 Å². The number of piperidine rings is 1. The Morgan fingerprint density at radius 3 is 2.64 bits per heavy atom. The molecule has 25 heavy (non-hydrogen) atoms. The monoisotopic (exact) mass is 351 g/mol. The molecule has 4 nitrogen and oxygen atoms in total. The molecular formula is C18H16F3NO3. The van der Waals surface area contributed by atoms with Gasteiger partial charge in [0.1, 0.15) is 6.26 Å². The van der Waals surface area contributed by atoms with Crippen LogP contribution in [0.1, 0.15) is 39.1 Å². The summed E-state index contributed by atoms with van der Waals surface area (Å²) in [6, 6.07) is 5.97. The number of furan rings is 1. The Labute approximate surface area is 142 Å². The van der Waals surface area contributed by atoms with Gasteiger partial charge in [0.2, 0.25) is 0 Å². The molecule has 2 aromatic rings. The summed E-state index contributed by atoms with van der Waals surface area (Å²) in [5, 5.41) is 0. The van der Waals surface area contributed by atoms with E-state index < -0.39 is 17.7 Å². The second kappa shape index (κ2) is 6.74. The maximum Gasteiger partial charge on any atom is 0.416 e. The van der Waals surface area contributed by atoms with Crippen LogP contribution in [-0.2, 0) is 6.18 Å². The Morgan fingerprint density at radius 1 is 1.16 bits per heavy atom. The number of hydrogen-bond donors (Lipinski definition) is 0. The van der Waals surface area contributed by atoms with E-state index in [4.69, 9.17) is 4.42 Å². The molecule has 1 saturated heterocycles. The fourth-order valence-electron chi connectivity index (χ4n) is 3.03. The minimum absolute atomic E-state index is 0.0254. The molecule has 1 amide bonds. The van der Waals surface area contributed by atoms with Crippen molar-refractivity contribution in [3.8, 4) is 0 Å². The lowest BCUT2D eigenvalue weighted by atomic mass is 9.89. The van der Waals surface area contributed by atoms with Crippen LogP contribution < -0.4 is 0 Å². The van der Waals surface area contributed by atoms with E-state index in [-0.39, 0.29) is 23.8 Å². The van der Waals surface area contributed by atoms with Gasteiger partial charge in [-0.05, 0) is 31.0 Å². The number of ketones is 1. The third kappa shape index (κ3) is 3.75. The molecule has 1 fully saturated rings. The van der Waals surface area contributed by atoms with Crippen molar-refractivity contribution in [1.82, 2.24) is 4.90 Å². The first-order valence-corrected chi connectivity index (χ1v) is 7.89. The normalized spacial score (nSPS) is 18.2. The molecule has 2 heterocycles. The Bertz CT molecular complexity index is 768. The number of carbonyl (C=O) groups excluding carboxylic acids is 2. The van der Waals surface area contributed by atoms with Crippen molar-refractivity contribution in [1.29, 1.82) is 0 Å². The third-order valence-corrected chi connectivity index (χ3v) is 4.32. The summed E-state index contributed by atoms with van der Waals surface area (Å²) in [5.74, 6) is -1.11. The van der Waals surface area contributed by atoms with Gasteiger partial charge in [-0.3, -0.25) is 9.59 Å². The molecule has 0 unspecified atom stereocenters. The Balaban J connectivity index is 1.75. The van der Waals surface area contributed by atoms with Gasteiger partial charge in [-0.15, -0.1) is 0 Å². The number of carbonyl (C=O) groups is 2. The molecule has 3 rings (SSSR count). The van der Waals surface area contributed by atoms with Gasteiger partial charge in [-0.1, -0.05) is 12.1 Å².